The molecule has 2 aromatic heterocycles. The molecule has 1 N–H and O–H groups in total. The van der Waals surface area contributed by atoms with Gasteiger partial charge < -0.3 is 4.74 Å². The van der Waals surface area contributed by atoms with Crippen molar-refractivity contribution in [3.63, 3.8) is 0 Å². The highest BCUT2D eigenvalue weighted by Crippen LogP contribution is 2.34. The Morgan fingerprint density at radius 3 is 2.34 bits per heavy atom. The third kappa shape index (κ3) is 7.30. The molecule has 1 amide bonds. The Morgan fingerprint density at radius 2 is 1.68 bits per heavy atom. The molecule has 2 heterocycles. The van der Waals surface area contributed by atoms with E-state index < -0.39 is 15.9 Å². The summed E-state index contributed by atoms with van der Waals surface area (Å²) >= 11 is 0. The number of unbranched alkanes of at least 4 members (excludes halogenated alkanes) is 1. The van der Waals surface area contributed by atoms with Crippen LogP contribution in [-0.2, 0) is 27.7 Å². The smallest absolute Gasteiger partial charge is 0.264 e. The Kier molecular flexibility index (Phi) is 9.81. The number of ether oxygens (including phenoxy) is 1. The van der Waals surface area contributed by atoms with Crippen LogP contribution in [0.4, 0.5) is 0 Å². The van der Waals surface area contributed by atoms with Crippen molar-refractivity contribution in [2.24, 2.45) is 5.92 Å². The number of carbonyl (C=O) groups excluding carboxylic acids is 1. The number of aromatic nitrogens is 4. The predicted octanol–water partition coefficient (Wildman–Crippen LogP) is 5.89. The number of carbonyl (C=O) groups is 1. The van der Waals surface area contributed by atoms with E-state index in [9.17, 15) is 18.0 Å². The Balaban J connectivity index is 1.36. The molecule has 0 radical (unpaired) electrons. The van der Waals surface area contributed by atoms with Crippen LogP contribution in [0.2, 0.25) is 0 Å². The molecule has 11 heteroatoms. The third-order valence-corrected chi connectivity index (χ3v) is 10.3. The molecule has 4 aromatic rings. The van der Waals surface area contributed by atoms with Crippen LogP contribution in [0.3, 0.4) is 0 Å². The molecular formula is C36H41N5O5S. The average Bonchev–Trinajstić information content (AvgIpc) is 3.80. The van der Waals surface area contributed by atoms with Crippen molar-refractivity contribution in [3.8, 4) is 22.8 Å². The first-order valence-electron chi connectivity index (χ1n) is 16.6. The summed E-state index contributed by atoms with van der Waals surface area (Å²) in [4.78, 5) is 41.0. The van der Waals surface area contributed by atoms with E-state index in [1.54, 1.807) is 35.2 Å². The monoisotopic (exact) mass is 655 g/mol. The second-order valence-electron chi connectivity index (χ2n) is 12.4. The molecule has 2 fully saturated rings. The van der Waals surface area contributed by atoms with E-state index in [0.29, 0.717) is 54.7 Å². The van der Waals surface area contributed by atoms with Gasteiger partial charge in [0.25, 0.3) is 15.6 Å². The molecule has 0 saturated heterocycles. The number of nitrogens with one attached hydrogen (secondary N) is 1. The van der Waals surface area contributed by atoms with Gasteiger partial charge in [0.1, 0.15) is 5.82 Å². The Morgan fingerprint density at radius 1 is 0.979 bits per heavy atom. The first kappa shape index (κ1) is 32.6. The van der Waals surface area contributed by atoms with Crippen molar-refractivity contribution in [3.05, 3.63) is 93.9 Å². The molecule has 0 unspecified atom stereocenters. The van der Waals surface area contributed by atoms with Crippen LogP contribution in [0, 0.1) is 5.92 Å². The van der Waals surface area contributed by atoms with E-state index in [0.717, 1.165) is 55.6 Å². The summed E-state index contributed by atoms with van der Waals surface area (Å²) in [7, 11) is -4.04. The van der Waals surface area contributed by atoms with Crippen LogP contribution < -0.4 is 15.0 Å². The molecule has 47 heavy (non-hydrogen) atoms. The minimum Gasteiger partial charge on any atom is -0.491 e. The summed E-state index contributed by atoms with van der Waals surface area (Å²) in [5.41, 5.74) is 3.33. The number of hydrogen-bond acceptors (Lipinski definition) is 8. The Labute approximate surface area is 275 Å². The lowest BCUT2D eigenvalue weighted by atomic mass is 9.98. The second kappa shape index (κ2) is 14.2. The summed E-state index contributed by atoms with van der Waals surface area (Å²) in [6.45, 7) is 4.51. The highest BCUT2D eigenvalue weighted by molar-refractivity contribution is 7.90. The first-order chi connectivity index (χ1) is 22.8. The van der Waals surface area contributed by atoms with Gasteiger partial charge in [-0.3, -0.25) is 9.59 Å². The largest absolute Gasteiger partial charge is 0.491 e. The fraction of sp³-hybridized carbons (Fsp3) is 0.417. The summed E-state index contributed by atoms with van der Waals surface area (Å²) in [6, 6.07) is 14.2. The molecule has 2 aliphatic rings. The molecule has 0 aliphatic heterocycles. The van der Waals surface area contributed by atoms with E-state index in [1.165, 1.54) is 6.07 Å². The van der Waals surface area contributed by atoms with E-state index in [4.69, 9.17) is 9.72 Å². The van der Waals surface area contributed by atoms with Crippen LogP contribution >= 0.6 is 0 Å². The number of benzene rings is 2. The fourth-order valence-corrected chi connectivity index (χ4v) is 7.50. The second-order valence-corrected chi connectivity index (χ2v) is 14.0. The quantitative estimate of drug-likeness (QED) is 0.188. The van der Waals surface area contributed by atoms with Gasteiger partial charge in [0, 0.05) is 29.4 Å². The maximum atomic E-state index is 14.4. The summed E-state index contributed by atoms with van der Waals surface area (Å²) < 4.78 is 35.7. The highest BCUT2D eigenvalue weighted by atomic mass is 32.2. The number of amides is 1. The third-order valence-electron chi connectivity index (χ3n) is 8.91. The van der Waals surface area contributed by atoms with Crippen molar-refractivity contribution in [1.29, 1.82) is 0 Å². The van der Waals surface area contributed by atoms with Crippen molar-refractivity contribution in [2.75, 3.05) is 6.61 Å². The standard InChI is InChI=1S/C36H41N5O5S/c1-3-5-13-31-30(35(43)41(33(39-31)26-10-6-7-11-26)36-37-22-28(23-38-36)46-4-2)21-24-15-17-25(18-16-24)29-12-8-9-14-32(29)47(44,45)40-34(42)27-19-20-27/h8-9,12,14-18,22-23,26-27H,3-7,10-11,13,19-21H2,1-2H3,(H,40,42). The van der Waals surface area contributed by atoms with E-state index in [1.807, 2.05) is 31.2 Å². The Bertz CT molecular complexity index is 1900. The van der Waals surface area contributed by atoms with Crippen molar-refractivity contribution >= 4 is 15.9 Å². The van der Waals surface area contributed by atoms with Crippen molar-refractivity contribution in [2.45, 2.75) is 88.9 Å². The zero-order valence-corrected chi connectivity index (χ0v) is 27.8. The molecule has 2 aliphatic carbocycles. The van der Waals surface area contributed by atoms with Gasteiger partial charge in [0.2, 0.25) is 11.9 Å². The van der Waals surface area contributed by atoms with Gasteiger partial charge in [0.15, 0.2) is 5.75 Å². The van der Waals surface area contributed by atoms with Gasteiger partial charge in [-0.1, -0.05) is 68.7 Å². The van der Waals surface area contributed by atoms with E-state index in [2.05, 4.69) is 21.6 Å². The number of hydrogen-bond donors (Lipinski definition) is 1. The lowest BCUT2D eigenvalue weighted by Crippen LogP contribution is -2.32. The minimum atomic E-state index is -4.04. The zero-order chi connectivity index (χ0) is 33.0. The van der Waals surface area contributed by atoms with Gasteiger partial charge >= 0.3 is 0 Å². The maximum absolute atomic E-state index is 14.4. The highest BCUT2D eigenvalue weighted by Gasteiger charge is 2.33. The number of nitrogens with zero attached hydrogens (tertiary/aromatic N) is 4. The molecule has 246 valence electrons. The van der Waals surface area contributed by atoms with Crippen molar-refractivity contribution in [1.82, 2.24) is 24.2 Å². The molecule has 6 rings (SSSR count). The zero-order valence-electron chi connectivity index (χ0n) is 26.9. The Hall–Kier alpha value is -4.38. The number of rotatable bonds is 13. The lowest BCUT2D eigenvalue weighted by molar-refractivity contribution is -0.120. The van der Waals surface area contributed by atoms with Gasteiger partial charge in [-0.15, -0.1) is 0 Å². The molecule has 10 nitrogen and oxygen atoms in total. The van der Waals surface area contributed by atoms with E-state index in [-0.39, 0.29) is 28.2 Å². The molecular weight excluding hydrogens is 614 g/mol. The SMILES string of the molecule is CCCCc1nc(C2CCCC2)n(-c2ncc(OCC)cn2)c(=O)c1Cc1ccc(-c2ccccc2S(=O)(=O)NC(=O)C2CC2)cc1. The number of sulfonamides is 1. The molecule has 2 saturated carbocycles. The minimum absolute atomic E-state index is 0.0496. The fourth-order valence-electron chi connectivity index (χ4n) is 6.23. The molecule has 0 spiro atoms. The van der Waals surface area contributed by atoms with Crippen LogP contribution in [-0.4, -0.2) is 40.5 Å². The van der Waals surface area contributed by atoms with E-state index >= 15 is 0 Å². The summed E-state index contributed by atoms with van der Waals surface area (Å²) in [5, 5.41) is 0. The summed E-state index contributed by atoms with van der Waals surface area (Å²) in [5.74, 6) is 1.04. The van der Waals surface area contributed by atoms with Crippen LogP contribution in [0.5, 0.6) is 5.75 Å². The van der Waals surface area contributed by atoms with Gasteiger partial charge in [0.05, 0.1) is 29.6 Å². The summed E-state index contributed by atoms with van der Waals surface area (Å²) in [6.07, 6.45) is 11.7. The van der Waals surface area contributed by atoms with Gasteiger partial charge in [-0.05, 0) is 62.6 Å². The molecule has 0 bridgehead atoms. The molecule has 0 atom stereocenters. The van der Waals surface area contributed by atoms with Crippen LogP contribution in [0.25, 0.3) is 17.1 Å². The van der Waals surface area contributed by atoms with Crippen molar-refractivity contribution < 1.29 is 17.9 Å². The lowest BCUT2D eigenvalue weighted by Gasteiger charge is -2.20. The van der Waals surface area contributed by atoms with Gasteiger partial charge in [-0.2, -0.15) is 0 Å². The maximum Gasteiger partial charge on any atom is 0.264 e. The topological polar surface area (TPSA) is 133 Å². The van der Waals surface area contributed by atoms with Gasteiger partial charge in [-0.25, -0.2) is 32.7 Å². The number of aryl methyl sites for hydroxylation is 1. The first-order valence-corrected chi connectivity index (χ1v) is 18.1. The van der Waals surface area contributed by atoms with Crippen LogP contribution in [0.15, 0.2) is 70.6 Å². The predicted molar refractivity (Wildman–Crippen MR) is 179 cm³/mol. The average molecular weight is 656 g/mol. The molecule has 2 aromatic carbocycles. The normalized spacial score (nSPS) is 15.1. The van der Waals surface area contributed by atoms with Crippen LogP contribution in [0.1, 0.15) is 93.8 Å².